The Morgan fingerprint density at radius 1 is 0.615 bits per heavy atom. The van der Waals surface area contributed by atoms with Gasteiger partial charge in [0.05, 0.1) is 0 Å². The van der Waals surface area contributed by atoms with Gasteiger partial charge in [0.15, 0.2) is 0 Å². The molecule has 0 heterocycles. The molecule has 0 aromatic carbocycles. The van der Waals surface area contributed by atoms with Crippen molar-refractivity contribution in [2.75, 3.05) is 0 Å². The number of hydrogen-bond donors (Lipinski definition) is 3. The molecular weight excluding hydrogens is 170 g/mol. The van der Waals surface area contributed by atoms with Gasteiger partial charge in [0.2, 0.25) is 17.2 Å². The van der Waals surface area contributed by atoms with Crippen LogP contribution in [-0.2, 0) is 0 Å². The van der Waals surface area contributed by atoms with Crippen LogP contribution in [0.1, 0.15) is 41.5 Å². The van der Waals surface area contributed by atoms with E-state index in [0.29, 0.717) is 0 Å². The monoisotopic (exact) mass is 191 g/mol. The number of hydrogen-bond acceptors (Lipinski definition) is 4. The minimum Gasteiger partial charge on any atom is -0.339 e. The average Bonchev–Trinajstić information content (AvgIpc) is 1.44. The third kappa shape index (κ3) is 3.60. The van der Waals surface area contributed by atoms with Crippen LogP contribution in [0, 0.1) is 0 Å². The number of rotatable bonds is 3. The predicted molar refractivity (Wildman–Crippen MR) is 51.0 cm³/mol. The molecular formula is C9H21NO3+. The number of aliphatic hydroxyl groups is 3. The Bertz CT molecular complexity index is 137. The minimum atomic E-state index is -1.28. The van der Waals surface area contributed by atoms with Crippen molar-refractivity contribution in [3.8, 4) is 0 Å². The van der Waals surface area contributed by atoms with Gasteiger partial charge in [0, 0.05) is 41.5 Å². The Labute approximate surface area is 79.8 Å². The molecule has 3 N–H and O–H groups in total. The fourth-order valence-electron chi connectivity index (χ4n) is 2.01. The summed E-state index contributed by atoms with van der Waals surface area (Å²) in [5, 5.41) is 29.3. The Kier molecular flexibility index (Phi) is 3.16. The molecule has 79 valence electrons. The summed E-state index contributed by atoms with van der Waals surface area (Å²) in [7, 11) is 0. The van der Waals surface area contributed by atoms with Gasteiger partial charge in [-0.1, -0.05) is 4.90 Å². The van der Waals surface area contributed by atoms with Crippen LogP contribution in [-0.4, -0.2) is 32.5 Å². The van der Waals surface area contributed by atoms with Crippen molar-refractivity contribution in [3.63, 3.8) is 0 Å². The minimum absolute atomic E-state index is 1.23. The van der Waals surface area contributed by atoms with Gasteiger partial charge >= 0.3 is 0 Å². The molecule has 0 saturated heterocycles. The zero-order chi connectivity index (χ0) is 11.1. The highest BCUT2D eigenvalue weighted by Crippen LogP contribution is 2.25. The summed E-state index contributed by atoms with van der Waals surface area (Å²) in [6, 6.07) is 0. The van der Waals surface area contributed by atoms with Crippen LogP contribution in [0.3, 0.4) is 0 Å². The molecule has 0 rings (SSSR count). The summed E-state index contributed by atoms with van der Waals surface area (Å²) < 4.78 is 0. The van der Waals surface area contributed by atoms with Crippen LogP contribution in [0.5, 0.6) is 0 Å². The van der Waals surface area contributed by atoms with E-state index >= 15 is 0 Å². The number of nitrogens with zero attached hydrogens (tertiary/aromatic N) is 1. The molecule has 0 aliphatic heterocycles. The van der Waals surface area contributed by atoms with E-state index in [9.17, 15) is 15.3 Å². The summed E-state index contributed by atoms with van der Waals surface area (Å²) >= 11 is 0. The van der Waals surface area contributed by atoms with Gasteiger partial charge in [-0.25, -0.2) is 0 Å². The van der Waals surface area contributed by atoms with Crippen molar-refractivity contribution in [1.29, 1.82) is 0 Å². The predicted octanol–water partition coefficient (Wildman–Crippen LogP) is 0.312. The van der Waals surface area contributed by atoms with E-state index < -0.39 is 17.2 Å². The highest BCUT2D eigenvalue weighted by atomic mass is 16.4. The maximum atomic E-state index is 9.75. The second-order valence-corrected chi connectivity index (χ2v) is 4.82. The molecule has 0 aliphatic rings. The third-order valence-electron chi connectivity index (χ3n) is 1.64. The molecule has 0 aromatic heterocycles. The highest BCUT2D eigenvalue weighted by Gasteiger charge is 2.54. The first-order valence-corrected chi connectivity index (χ1v) is 4.34. The van der Waals surface area contributed by atoms with Gasteiger partial charge in [-0.3, -0.25) is 0 Å². The van der Waals surface area contributed by atoms with Crippen LogP contribution in [0.2, 0.25) is 0 Å². The zero-order valence-corrected chi connectivity index (χ0v) is 9.29. The SMILES string of the molecule is CC(C)(O)[N+](C(C)(C)O)C(C)(C)O. The first kappa shape index (κ1) is 12.8. The Hall–Kier alpha value is -0.160. The topological polar surface area (TPSA) is 66.6 Å². The average molecular weight is 191 g/mol. The lowest BCUT2D eigenvalue weighted by Crippen LogP contribution is -2.69. The molecule has 0 aliphatic carbocycles. The molecule has 4 heteroatoms. The lowest BCUT2D eigenvalue weighted by Gasteiger charge is -2.38. The van der Waals surface area contributed by atoms with Crippen LogP contribution in [0.15, 0.2) is 0 Å². The summed E-state index contributed by atoms with van der Waals surface area (Å²) in [5.41, 5.74) is -3.84. The Morgan fingerprint density at radius 3 is 0.769 bits per heavy atom. The standard InChI is InChI=1S/C9H21NO3/c1-7(2,11)10(8(3,4)12)9(5,6)13/h11-13H,1-6H3/q+1. The molecule has 0 saturated carbocycles. The van der Waals surface area contributed by atoms with Crippen molar-refractivity contribution in [3.05, 3.63) is 0 Å². The van der Waals surface area contributed by atoms with E-state index in [1.807, 2.05) is 0 Å². The molecule has 0 atom stereocenters. The maximum Gasteiger partial charge on any atom is 0.243 e. The lowest BCUT2D eigenvalue weighted by molar-refractivity contribution is -0.223. The Balaban J connectivity index is 5.02. The largest absolute Gasteiger partial charge is 0.339 e. The molecule has 0 bridgehead atoms. The first-order chi connectivity index (χ1) is 5.37. The van der Waals surface area contributed by atoms with Gasteiger partial charge in [0.25, 0.3) is 0 Å². The lowest BCUT2D eigenvalue weighted by atomic mass is 10.1. The maximum absolute atomic E-state index is 9.75. The van der Waals surface area contributed by atoms with Gasteiger partial charge in [0.1, 0.15) is 0 Å². The molecule has 0 aromatic rings. The molecule has 4 nitrogen and oxygen atoms in total. The molecule has 0 amide bonds. The van der Waals surface area contributed by atoms with E-state index in [-0.39, 0.29) is 0 Å². The van der Waals surface area contributed by atoms with Crippen LogP contribution < -0.4 is 4.90 Å². The Morgan fingerprint density at radius 2 is 0.769 bits per heavy atom. The zero-order valence-electron chi connectivity index (χ0n) is 9.29. The van der Waals surface area contributed by atoms with Crippen LogP contribution >= 0.6 is 0 Å². The molecule has 1 radical (unpaired) electrons. The van der Waals surface area contributed by atoms with Crippen molar-refractivity contribution in [2.24, 2.45) is 0 Å². The van der Waals surface area contributed by atoms with E-state index in [1.54, 1.807) is 0 Å². The van der Waals surface area contributed by atoms with Crippen molar-refractivity contribution in [2.45, 2.75) is 58.7 Å². The van der Waals surface area contributed by atoms with Gasteiger partial charge in [-0.15, -0.1) is 0 Å². The van der Waals surface area contributed by atoms with E-state index in [1.165, 1.54) is 46.4 Å². The fourth-order valence-corrected chi connectivity index (χ4v) is 2.01. The quantitative estimate of drug-likeness (QED) is 0.444. The van der Waals surface area contributed by atoms with Gasteiger partial charge < -0.3 is 15.3 Å². The van der Waals surface area contributed by atoms with E-state index in [0.717, 1.165) is 0 Å². The summed E-state index contributed by atoms with van der Waals surface area (Å²) in [6.07, 6.45) is 0. The molecule has 0 fully saturated rings. The molecule has 0 spiro atoms. The summed E-state index contributed by atoms with van der Waals surface area (Å²) in [5.74, 6) is 0. The fraction of sp³-hybridized carbons (Fsp3) is 1.00. The van der Waals surface area contributed by atoms with Crippen LogP contribution in [0.4, 0.5) is 0 Å². The highest BCUT2D eigenvalue weighted by molar-refractivity contribution is 4.90. The van der Waals surface area contributed by atoms with Crippen LogP contribution in [0.25, 0.3) is 0 Å². The van der Waals surface area contributed by atoms with Gasteiger partial charge in [-0.2, -0.15) is 0 Å². The van der Waals surface area contributed by atoms with Crippen molar-refractivity contribution < 1.29 is 15.3 Å². The smallest absolute Gasteiger partial charge is 0.243 e. The second kappa shape index (κ2) is 3.20. The molecule has 0 unspecified atom stereocenters. The van der Waals surface area contributed by atoms with Crippen molar-refractivity contribution in [1.82, 2.24) is 4.90 Å². The normalized spacial score (nSPS) is 15.2. The van der Waals surface area contributed by atoms with Gasteiger partial charge in [-0.05, 0) is 0 Å². The second-order valence-electron chi connectivity index (χ2n) is 4.82. The van der Waals surface area contributed by atoms with E-state index in [4.69, 9.17) is 0 Å². The van der Waals surface area contributed by atoms with Crippen molar-refractivity contribution >= 4 is 0 Å². The third-order valence-corrected chi connectivity index (χ3v) is 1.64. The summed E-state index contributed by atoms with van der Waals surface area (Å²) in [6.45, 7) is 9.10. The molecule has 13 heavy (non-hydrogen) atoms. The van der Waals surface area contributed by atoms with E-state index in [2.05, 4.69) is 0 Å². The summed E-state index contributed by atoms with van der Waals surface area (Å²) in [4.78, 5) is 1.23. The first-order valence-electron chi connectivity index (χ1n) is 4.34.